The van der Waals surface area contributed by atoms with Crippen LogP contribution in [0.3, 0.4) is 0 Å². The Morgan fingerprint density at radius 2 is 1.71 bits per heavy atom. The molecular weight excluding hydrogens is 657 g/mol. The van der Waals surface area contributed by atoms with Crippen LogP contribution in [-0.2, 0) is 18.4 Å². The number of rotatable bonds is 10. The molecule has 3 heterocycles. The van der Waals surface area contributed by atoms with Crippen molar-refractivity contribution < 1.29 is 54.9 Å². The average molecular weight is 687 g/mol. The van der Waals surface area contributed by atoms with Crippen LogP contribution in [0.15, 0.2) is 36.7 Å². The summed E-state index contributed by atoms with van der Waals surface area (Å²) < 4.78 is 108. The number of nitrogens with zero attached hydrogens (tertiary/aromatic N) is 6. The van der Waals surface area contributed by atoms with Gasteiger partial charge in [0.15, 0.2) is 5.60 Å². The number of likely N-dealkylation sites (tertiary alicyclic amines) is 1. The number of carbonyl (C=O) groups is 2. The van der Waals surface area contributed by atoms with E-state index in [0.717, 1.165) is 13.2 Å². The first-order chi connectivity index (χ1) is 22.4. The minimum absolute atomic E-state index is 0.0107. The van der Waals surface area contributed by atoms with Crippen LogP contribution in [-0.4, -0.2) is 99.0 Å². The Morgan fingerprint density at radius 3 is 2.29 bits per heavy atom. The highest BCUT2D eigenvalue weighted by molar-refractivity contribution is 6.03. The molecule has 0 spiro atoms. The topological polar surface area (TPSA) is 115 Å². The van der Waals surface area contributed by atoms with Crippen molar-refractivity contribution in [2.75, 3.05) is 34.3 Å². The molecule has 2 amide bonds. The lowest BCUT2D eigenvalue weighted by molar-refractivity contribution is -0.294. The van der Waals surface area contributed by atoms with Crippen molar-refractivity contribution in [2.24, 2.45) is 7.05 Å². The van der Waals surface area contributed by atoms with E-state index in [4.69, 9.17) is 4.74 Å². The summed E-state index contributed by atoms with van der Waals surface area (Å²) in [6, 6.07) is 4.87. The van der Waals surface area contributed by atoms with Crippen molar-refractivity contribution in [1.82, 2.24) is 29.4 Å². The van der Waals surface area contributed by atoms with E-state index < -0.39 is 66.4 Å². The van der Waals surface area contributed by atoms with Gasteiger partial charge in [0.05, 0.1) is 37.6 Å². The first-order valence-corrected chi connectivity index (χ1v) is 14.2. The molecule has 2 aromatic carbocycles. The standard InChI is InChI=1S/C30H29F7N6O5/c1-40(2)22(44)5-6-43-12-17(11-38-43)15-7-18(26(31)32)23-19(8-15)39-41(3)25(23)16-9-20(47-4)24(21(10-16)48-28(33)34)27(45)42-13-29(46,14-42)30(35,36)37/h7-12,26,28,46H,5-6,13-14H2,1-4H3. The predicted octanol–water partition coefficient (Wildman–Crippen LogP) is 4.88. The van der Waals surface area contributed by atoms with Gasteiger partial charge >= 0.3 is 12.8 Å². The molecule has 1 N–H and O–H groups in total. The Morgan fingerprint density at radius 1 is 1.04 bits per heavy atom. The van der Waals surface area contributed by atoms with E-state index in [0.29, 0.717) is 16.0 Å². The van der Waals surface area contributed by atoms with Crippen molar-refractivity contribution in [3.63, 3.8) is 0 Å². The fourth-order valence-electron chi connectivity index (χ4n) is 5.45. The quantitative estimate of drug-likeness (QED) is 0.237. The van der Waals surface area contributed by atoms with Gasteiger partial charge in [-0.3, -0.25) is 19.0 Å². The third-order valence-electron chi connectivity index (χ3n) is 7.93. The largest absolute Gasteiger partial charge is 0.496 e. The highest BCUT2D eigenvalue weighted by atomic mass is 19.4. The Hall–Kier alpha value is -4.87. The number of ether oxygens (including phenoxy) is 2. The summed E-state index contributed by atoms with van der Waals surface area (Å²) in [4.78, 5) is 27.2. The molecule has 0 radical (unpaired) electrons. The lowest BCUT2D eigenvalue weighted by Crippen LogP contribution is -2.70. The number of aliphatic hydroxyl groups is 1. The van der Waals surface area contributed by atoms with E-state index in [2.05, 4.69) is 14.9 Å². The number of halogens is 7. The zero-order chi connectivity index (χ0) is 35.3. The summed E-state index contributed by atoms with van der Waals surface area (Å²) in [6.45, 7) is -5.56. The maximum atomic E-state index is 14.6. The Bertz CT molecular complexity index is 1860. The fourth-order valence-corrected chi connectivity index (χ4v) is 5.45. The van der Waals surface area contributed by atoms with Crippen molar-refractivity contribution in [3.05, 3.63) is 47.8 Å². The number of benzene rings is 2. The summed E-state index contributed by atoms with van der Waals surface area (Å²) in [5.74, 6) is -2.51. The molecule has 1 fully saturated rings. The lowest BCUT2D eigenvalue weighted by Gasteiger charge is -2.47. The monoisotopic (exact) mass is 686 g/mol. The summed E-state index contributed by atoms with van der Waals surface area (Å²) in [7, 11) is 5.72. The molecule has 1 aliphatic heterocycles. The van der Waals surface area contributed by atoms with Gasteiger partial charge < -0.3 is 24.4 Å². The van der Waals surface area contributed by atoms with Crippen LogP contribution < -0.4 is 9.47 Å². The Kier molecular flexibility index (Phi) is 9.07. The number of carbonyl (C=O) groups excluding carboxylic acids is 2. The highest BCUT2D eigenvalue weighted by Gasteiger charge is 2.62. The molecule has 48 heavy (non-hydrogen) atoms. The van der Waals surface area contributed by atoms with E-state index in [-0.39, 0.29) is 41.0 Å². The number of β-amino-alcohol motifs (C(OH)–C–C–N with tert-alkyl or cyclic N) is 1. The van der Waals surface area contributed by atoms with Crippen LogP contribution in [0.25, 0.3) is 33.3 Å². The molecular formula is C30H29F7N6O5. The number of methoxy groups -OCH3 is 1. The molecule has 18 heteroatoms. The first-order valence-electron chi connectivity index (χ1n) is 14.2. The molecule has 5 rings (SSSR count). The first kappa shape index (κ1) is 34.5. The van der Waals surface area contributed by atoms with E-state index in [9.17, 15) is 45.4 Å². The van der Waals surface area contributed by atoms with Gasteiger partial charge in [0.1, 0.15) is 17.1 Å². The second-order valence-electron chi connectivity index (χ2n) is 11.4. The van der Waals surface area contributed by atoms with E-state index in [1.807, 2.05) is 0 Å². The van der Waals surface area contributed by atoms with Gasteiger partial charge in [0, 0.05) is 62.4 Å². The molecule has 0 aliphatic carbocycles. The fraction of sp³-hybridized carbons (Fsp3) is 0.400. The number of fused-ring (bicyclic) bond motifs is 1. The van der Waals surface area contributed by atoms with Crippen molar-refractivity contribution in [2.45, 2.75) is 37.8 Å². The van der Waals surface area contributed by atoms with Gasteiger partial charge in [0.25, 0.3) is 12.3 Å². The number of hydrogen-bond acceptors (Lipinski definition) is 7. The molecule has 2 aromatic heterocycles. The van der Waals surface area contributed by atoms with Gasteiger partial charge in [-0.15, -0.1) is 0 Å². The molecule has 0 bridgehead atoms. The molecule has 1 aliphatic rings. The van der Waals surface area contributed by atoms with Gasteiger partial charge in [0.2, 0.25) is 5.91 Å². The molecule has 1 saturated heterocycles. The van der Waals surface area contributed by atoms with Gasteiger partial charge in [-0.2, -0.15) is 32.1 Å². The minimum Gasteiger partial charge on any atom is -0.496 e. The van der Waals surface area contributed by atoms with Crippen molar-refractivity contribution >= 4 is 22.7 Å². The van der Waals surface area contributed by atoms with Gasteiger partial charge in [-0.25, -0.2) is 8.78 Å². The number of alkyl halides is 7. The molecule has 0 unspecified atom stereocenters. The van der Waals surface area contributed by atoms with Crippen LogP contribution in [0.5, 0.6) is 11.5 Å². The summed E-state index contributed by atoms with van der Waals surface area (Å²) in [5, 5.41) is 18.3. The zero-order valence-electron chi connectivity index (χ0n) is 25.9. The van der Waals surface area contributed by atoms with Gasteiger partial charge in [-0.1, -0.05) is 0 Å². The third kappa shape index (κ3) is 6.35. The van der Waals surface area contributed by atoms with E-state index in [1.54, 1.807) is 20.3 Å². The lowest BCUT2D eigenvalue weighted by atomic mass is 9.92. The van der Waals surface area contributed by atoms with Gasteiger partial charge in [-0.05, 0) is 29.8 Å². The molecule has 0 atom stereocenters. The smallest absolute Gasteiger partial charge is 0.420 e. The minimum atomic E-state index is -5.05. The summed E-state index contributed by atoms with van der Waals surface area (Å²) in [6.07, 6.45) is -4.89. The highest BCUT2D eigenvalue weighted by Crippen LogP contribution is 2.44. The van der Waals surface area contributed by atoms with Crippen molar-refractivity contribution in [3.8, 4) is 33.9 Å². The predicted molar refractivity (Wildman–Crippen MR) is 156 cm³/mol. The average Bonchev–Trinajstić information content (AvgIpc) is 3.59. The van der Waals surface area contributed by atoms with Crippen molar-refractivity contribution in [1.29, 1.82) is 0 Å². The SMILES string of the molecule is COc1cc(-c2c3c(C(F)F)cc(-c4cnn(CCC(=O)N(C)C)c4)cc3nn2C)cc(OC(F)F)c1C(=O)N1CC(O)(C(F)(F)F)C1. The maximum absolute atomic E-state index is 14.6. The molecule has 0 saturated carbocycles. The molecule has 11 nitrogen and oxygen atoms in total. The Labute approximate surface area is 268 Å². The van der Waals surface area contributed by atoms with Crippen LogP contribution in [0.2, 0.25) is 0 Å². The Balaban J connectivity index is 1.57. The zero-order valence-corrected chi connectivity index (χ0v) is 25.9. The second-order valence-corrected chi connectivity index (χ2v) is 11.4. The molecule has 258 valence electrons. The van der Waals surface area contributed by atoms with Crippen LogP contribution in [0.4, 0.5) is 30.7 Å². The maximum Gasteiger partial charge on any atom is 0.420 e. The normalized spacial score (nSPS) is 14.5. The number of hydrogen-bond donors (Lipinski definition) is 1. The van der Waals surface area contributed by atoms with Crippen LogP contribution >= 0.6 is 0 Å². The van der Waals surface area contributed by atoms with E-state index in [1.165, 1.54) is 45.7 Å². The molecule has 4 aromatic rings. The summed E-state index contributed by atoms with van der Waals surface area (Å²) in [5.41, 5.74) is -3.43. The van der Waals surface area contributed by atoms with Crippen LogP contribution in [0, 0.1) is 0 Å². The third-order valence-corrected chi connectivity index (χ3v) is 7.93. The summed E-state index contributed by atoms with van der Waals surface area (Å²) >= 11 is 0. The van der Waals surface area contributed by atoms with Crippen LogP contribution in [0.1, 0.15) is 28.8 Å². The number of aryl methyl sites for hydroxylation is 2. The number of amides is 2. The number of aromatic nitrogens is 4. The second kappa shape index (κ2) is 12.6. The van der Waals surface area contributed by atoms with E-state index >= 15 is 0 Å².